The van der Waals surface area contributed by atoms with Crippen molar-refractivity contribution >= 4 is 33.4 Å². The summed E-state index contributed by atoms with van der Waals surface area (Å²) in [5.74, 6) is -0.819. The molecule has 0 fully saturated rings. The molecule has 124 valence electrons. The van der Waals surface area contributed by atoms with Crippen molar-refractivity contribution in [1.82, 2.24) is 14.9 Å². The van der Waals surface area contributed by atoms with Gasteiger partial charge in [-0.05, 0) is 12.5 Å². The number of carboxylic acid groups (broad SMARTS) is 1. The van der Waals surface area contributed by atoms with Gasteiger partial charge in [0.2, 0.25) is 5.91 Å². The Morgan fingerprint density at radius 1 is 1.35 bits per heavy atom. The molecule has 2 aromatic heterocycles. The molecule has 7 nitrogen and oxygen atoms in total. The summed E-state index contributed by atoms with van der Waals surface area (Å²) in [6.45, 7) is 3.78. The Hall–Kier alpha value is -2.22. The maximum Gasteiger partial charge on any atom is 0.305 e. The fraction of sp³-hybridized carbons (Fsp3) is 0.467. The lowest BCUT2D eigenvalue weighted by Gasteiger charge is -2.11. The molecule has 0 bridgehead atoms. The molecular weight excluding hydrogens is 318 g/mol. The molecule has 2 rings (SSSR count). The van der Waals surface area contributed by atoms with E-state index in [1.54, 1.807) is 0 Å². The number of nitrogens with zero attached hydrogens (tertiary/aromatic N) is 2. The Labute approximate surface area is 137 Å². The van der Waals surface area contributed by atoms with Crippen molar-refractivity contribution in [3.05, 3.63) is 27.1 Å². The number of aliphatic carboxylic acids is 1. The molecule has 8 heteroatoms. The number of carbonyl (C=O) groups excluding carboxylic acids is 1. The number of nitrogens with one attached hydrogen (secondary N) is 1. The minimum Gasteiger partial charge on any atom is -0.481 e. The van der Waals surface area contributed by atoms with Crippen molar-refractivity contribution in [3.63, 3.8) is 0 Å². The summed E-state index contributed by atoms with van der Waals surface area (Å²) in [5.41, 5.74) is -0.226. The number of carbonyl (C=O) groups is 2. The maximum atomic E-state index is 12.6. The zero-order valence-electron chi connectivity index (χ0n) is 13.1. The van der Waals surface area contributed by atoms with Gasteiger partial charge in [-0.15, -0.1) is 11.3 Å². The zero-order chi connectivity index (χ0) is 17.0. The third-order valence-corrected chi connectivity index (χ3v) is 4.58. The maximum absolute atomic E-state index is 12.6. The number of amides is 1. The van der Waals surface area contributed by atoms with E-state index in [9.17, 15) is 14.4 Å². The summed E-state index contributed by atoms with van der Waals surface area (Å²) in [7, 11) is 0. The van der Waals surface area contributed by atoms with Crippen LogP contribution in [0.4, 0.5) is 0 Å². The van der Waals surface area contributed by atoms with E-state index in [1.807, 2.05) is 19.9 Å². The average Bonchev–Trinajstić information content (AvgIpc) is 2.93. The Bertz CT molecular complexity index is 794. The highest BCUT2D eigenvalue weighted by molar-refractivity contribution is 7.18. The van der Waals surface area contributed by atoms with E-state index in [-0.39, 0.29) is 25.1 Å². The van der Waals surface area contributed by atoms with E-state index >= 15 is 0 Å². The number of carboxylic acids is 1. The summed E-state index contributed by atoms with van der Waals surface area (Å²) < 4.78 is 1.37. The number of thiophene rings is 1. The monoisotopic (exact) mass is 337 g/mol. The van der Waals surface area contributed by atoms with Crippen molar-refractivity contribution in [2.24, 2.45) is 0 Å². The second kappa shape index (κ2) is 7.36. The molecule has 0 aliphatic carbocycles. The van der Waals surface area contributed by atoms with Crippen molar-refractivity contribution in [2.75, 3.05) is 6.54 Å². The van der Waals surface area contributed by atoms with Crippen LogP contribution in [0.5, 0.6) is 0 Å². The molecule has 0 saturated heterocycles. The van der Waals surface area contributed by atoms with Gasteiger partial charge in [0.1, 0.15) is 17.2 Å². The molecule has 23 heavy (non-hydrogen) atoms. The van der Waals surface area contributed by atoms with Gasteiger partial charge in [-0.1, -0.05) is 13.8 Å². The van der Waals surface area contributed by atoms with Crippen molar-refractivity contribution in [1.29, 1.82) is 0 Å². The van der Waals surface area contributed by atoms with E-state index in [4.69, 9.17) is 5.11 Å². The molecule has 0 aliphatic rings. The van der Waals surface area contributed by atoms with Gasteiger partial charge in [0.05, 0.1) is 11.8 Å². The lowest BCUT2D eigenvalue weighted by Crippen LogP contribution is -2.35. The molecule has 2 heterocycles. The van der Waals surface area contributed by atoms with E-state index in [0.717, 1.165) is 11.3 Å². The van der Waals surface area contributed by atoms with Crippen LogP contribution in [-0.2, 0) is 29.0 Å². The minimum absolute atomic E-state index is 0.0402. The molecule has 0 saturated carbocycles. The number of hydrogen-bond donors (Lipinski definition) is 2. The van der Waals surface area contributed by atoms with Crippen LogP contribution in [-0.4, -0.2) is 33.1 Å². The minimum atomic E-state index is -0.981. The van der Waals surface area contributed by atoms with Gasteiger partial charge < -0.3 is 10.4 Å². The van der Waals surface area contributed by atoms with Gasteiger partial charge in [-0.3, -0.25) is 19.0 Å². The molecule has 0 spiro atoms. The van der Waals surface area contributed by atoms with Crippen molar-refractivity contribution in [2.45, 2.75) is 39.7 Å². The van der Waals surface area contributed by atoms with Crippen LogP contribution in [0.2, 0.25) is 0 Å². The number of rotatable bonds is 7. The fourth-order valence-electron chi connectivity index (χ4n) is 2.22. The van der Waals surface area contributed by atoms with Gasteiger partial charge in [-0.2, -0.15) is 0 Å². The first-order valence-corrected chi connectivity index (χ1v) is 8.28. The predicted molar refractivity (Wildman–Crippen MR) is 87.9 cm³/mol. The Morgan fingerprint density at radius 3 is 2.70 bits per heavy atom. The Balaban J connectivity index is 2.28. The molecule has 0 unspecified atom stereocenters. The van der Waals surface area contributed by atoms with Crippen LogP contribution in [0.25, 0.3) is 10.2 Å². The van der Waals surface area contributed by atoms with Crippen molar-refractivity contribution in [3.8, 4) is 0 Å². The van der Waals surface area contributed by atoms with Gasteiger partial charge in [0.25, 0.3) is 5.56 Å². The first-order chi connectivity index (χ1) is 11.0. The first-order valence-electron chi connectivity index (χ1n) is 7.46. The Kier molecular flexibility index (Phi) is 5.49. The van der Waals surface area contributed by atoms with Gasteiger partial charge in [0.15, 0.2) is 0 Å². The summed E-state index contributed by atoms with van der Waals surface area (Å²) in [4.78, 5) is 41.3. The lowest BCUT2D eigenvalue weighted by molar-refractivity contribution is -0.136. The standard InChI is InChI=1S/C15H19N3O4S/c1-3-9-7-10-14(23-9)17-11(4-2)18(15(10)22)8-12(19)16-6-5-13(20)21/h7H,3-6,8H2,1-2H3,(H,16,19)(H,20,21). The lowest BCUT2D eigenvalue weighted by atomic mass is 10.3. The van der Waals surface area contributed by atoms with E-state index < -0.39 is 11.9 Å². The fourth-order valence-corrected chi connectivity index (χ4v) is 3.20. The van der Waals surface area contributed by atoms with Crippen LogP contribution in [0.15, 0.2) is 10.9 Å². The van der Waals surface area contributed by atoms with Crippen LogP contribution in [0, 0.1) is 0 Å². The van der Waals surface area contributed by atoms with Crippen molar-refractivity contribution < 1.29 is 14.7 Å². The molecule has 0 radical (unpaired) electrons. The van der Waals surface area contributed by atoms with Crippen LogP contribution in [0.1, 0.15) is 31.0 Å². The van der Waals surface area contributed by atoms with Gasteiger partial charge in [-0.25, -0.2) is 4.98 Å². The largest absolute Gasteiger partial charge is 0.481 e. The summed E-state index contributed by atoms with van der Waals surface area (Å²) in [6, 6.07) is 1.83. The molecule has 2 N–H and O–H groups in total. The van der Waals surface area contributed by atoms with E-state index in [0.29, 0.717) is 22.5 Å². The van der Waals surface area contributed by atoms with E-state index in [1.165, 1.54) is 15.9 Å². The zero-order valence-corrected chi connectivity index (χ0v) is 13.9. The van der Waals surface area contributed by atoms with E-state index in [2.05, 4.69) is 10.3 Å². The van der Waals surface area contributed by atoms with Crippen LogP contribution < -0.4 is 10.9 Å². The SMILES string of the molecule is CCc1cc2c(=O)n(CC(=O)NCCC(=O)O)c(CC)nc2s1. The van der Waals surface area contributed by atoms with Gasteiger partial charge >= 0.3 is 5.97 Å². The summed E-state index contributed by atoms with van der Waals surface area (Å²) in [5, 5.41) is 11.6. The highest BCUT2D eigenvalue weighted by atomic mass is 32.1. The molecule has 0 atom stereocenters. The van der Waals surface area contributed by atoms with Gasteiger partial charge in [0, 0.05) is 17.8 Å². The Morgan fingerprint density at radius 2 is 2.09 bits per heavy atom. The number of aromatic nitrogens is 2. The third-order valence-electron chi connectivity index (χ3n) is 3.41. The quantitative estimate of drug-likeness (QED) is 0.790. The third kappa shape index (κ3) is 3.95. The average molecular weight is 337 g/mol. The molecule has 2 aromatic rings. The molecule has 1 amide bonds. The summed E-state index contributed by atoms with van der Waals surface area (Å²) >= 11 is 1.50. The summed E-state index contributed by atoms with van der Waals surface area (Å²) in [6.07, 6.45) is 1.22. The highest BCUT2D eigenvalue weighted by Crippen LogP contribution is 2.22. The topological polar surface area (TPSA) is 101 Å². The predicted octanol–water partition coefficient (Wildman–Crippen LogP) is 1.17. The van der Waals surface area contributed by atoms with Crippen LogP contribution in [0.3, 0.4) is 0 Å². The smallest absolute Gasteiger partial charge is 0.305 e. The number of fused-ring (bicyclic) bond motifs is 1. The molecule has 0 aliphatic heterocycles. The molecular formula is C15H19N3O4S. The number of aryl methyl sites for hydroxylation is 2. The normalized spacial score (nSPS) is 10.9. The molecule has 0 aromatic carbocycles. The number of hydrogen-bond acceptors (Lipinski definition) is 5. The second-order valence-corrected chi connectivity index (χ2v) is 6.17. The first kappa shape index (κ1) is 17.1. The second-order valence-electron chi connectivity index (χ2n) is 5.05. The van der Waals surface area contributed by atoms with Crippen LogP contribution >= 0.6 is 11.3 Å². The highest BCUT2D eigenvalue weighted by Gasteiger charge is 2.15.